The van der Waals surface area contributed by atoms with Crippen LogP contribution in [0.2, 0.25) is 0 Å². The Labute approximate surface area is 129 Å². The second-order valence-corrected chi connectivity index (χ2v) is 5.95. The van der Waals surface area contributed by atoms with Crippen LogP contribution in [0, 0.1) is 0 Å². The van der Waals surface area contributed by atoms with Crippen molar-refractivity contribution in [2.75, 3.05) is 19.8 Å². The quantitative estimate of drug-likeness (QED) is 0.878. The monoisotopic (exact) mass is 339 g/mol. The lowest BCUT2D eigenvalue weighted by molar-refractivity contribution is 0.170. The molecular weight excluding hydrogens is 318 g/mol. The van der Waals surface area contributed by atoms with Crippen LogP contribution in [-0.2, 0) is 0 Å². The molecule has 1 aliphatic heterocycles. The summed E-state index contributed by atoms with van der Waals surface area (Å²) < 4.78 is 12.2. The van der Waals surface area contributed by atoms with Crippen LogP contribution in [0.4, 0.5) is 0 Å². The van der Waals surface area contributed by atoms with Gasteiger partial charge in [-0.2, -0.15) is 0 Å². The van der Waals surface area contributed by atoms with Crippen molar-refractivity contribution < 1.29 is 9.47 Å². The van der Waals surface area contributed by atoms with Crippen LogP contribution in [0.3, 0.4) is 0 Å². The van der Waals surface area contributed by atoms with E-state index in [1.54, 1.807) is 0 Å². The van der Waals surface area contributed by atoms with Crippen LogP contribution in [0.1, 0.15) is 32.8 Å². The number of fused-ring (bicyclic) bond motifs is 1. The van der Waals surface area contributed by atoms with Gasteiger partial charge in [0.05, 0.1) is 4.47 Å². The van der Waals surface area contributed by atoms with Crippen LogP contribution >= 0.6 is 15.9 Å². The highest BCUT2D eigenvalue weighted by Gasteiger charge is 2.16. The van der Waals surface area contributed by atoms with Crippen molar-refractivity contribution >= 4 is 22.0 Å². The maximum atomic E-state index is 5.65. The molecule has 1 heterocycles. The standard InChI is InChI=1S/C16H22BrNO2/c1-4-5-18-12(3)11(2)8-13-9-14(17)16-15(10-13)19-6-7-20-16/h8-10,12,18H,4-7H2,1-3H3/b11-8+. The molecule has 0 radical (unpaired) electrons. The van der Waals surface area contributed by atoms with Gasteiger partial charge in [-0.15, -0.1) is 0 Å². The summed E-state index contributed by atoms with van der Waals surface area (Å²) in [6.07, 6.45) is 3.34. The molecule has 110 valence electrons. The summed E-state index contributed by atoms with van der Waals surface area (Å²) in [6.45, 7) is 8.78. The van der Waals surface area contributed by atoms with E-state index in [-0.39, 0.29) is 0 Å². The predicted molar refractivity (Wildman–Crippen MR) is 86.5 cm³/mol. The normalized spacial score (nSPS) is 16.1. The largest absolute Gasteiger partial charge is 0.486 e. The number of rotatable bonds is 5. The molecule has 0 bridgehead atoms. The number of hydrogen-bond acceptors (Lipinski definition) is 3. The first-order valence-electron chi connectivity index (χ1n) is 7.12. The minimum Gasteiger partial charge on any atom is -0.486 e. The second kappa shape index (κ2) is 7.14. The third kappa shape index (κ3) is 3.76. The summed E-state index contributed by atoms with van der Waals surface area (Å²) in [4.78, 5) is 0. The van der Waals surface area contributed by atoms with Gasteiger partial charge in [0.25, 0.3) is 0 Å². The molecular formula is C16H22BrNO2. The molecule has 0 saturated heterocycles. The Morgan fingerprint density at radius 2 is 2.15 bits per heavy atom. The molecule has 1 aromatic carbocycles. The van der Waals surface area contributed by atoms with Crippen molar-refractivity contribution in [3.8, 4) is 11.5 Å². The van der Waals surface area contributed by atoms with E-state index in [9.17, 15) is 0 Å². The predicted octanol–water partition coefficient (Wildman–Crippen LogP) is 4.01. The van der Waals surface area contributed by atoms with Gasteiger partial charge >= 0.3 is 0 Å². The molecule has 0 fully saturated rings. The van der Waals surface area contributed by atoms with E-state index >= 15 is 0 Å². The van der Waals surface area contributed by atoms with Crippen molar-refractivity contribution in [1.82, 2.24) is 5.32 Å². The zero-order valence-electron chi connectivity index (χ0n) is 12.3. The van der Waals surface area contributed by atoms with Gasteiger partial charge in [0.15, 0.2) is 11.5 Å². The highest BCUT2D eigenvalue weighted by Crippen LogP contribution is 2.39. The topological polar surface area (TPSA) is 30.5 Å². The molecule has 0 aliphatic carbocycles. The van der Waals surface area contributed by atoms with E-state index in [0.717, 1.165) is 34.5 Å². The van der Waals surface area contributed by atoms with E-state index in [1.165, 1.54) is 5.57 Å². The van der Waals surface area contributed by atoms with Crippen molar-refractivity contribution in [1.29, 1.82) is 0 Å². The minimum atomic E-state index is 0.377. The molecule has 1 atom stereocenters. The van der Waals surface area contributed by atoms with Crippen molar-refractivity contribution in [3.05, 3.63) is 27.7 Å². The smallest absolute Gasteiger partial charge is 0.175 e. The fraction of sp³-hybridized carbons (Fsp3) is 0.500. The van der Waals surface area contributed by atoms with Crippen molar-refractivity contribution in [2.45, 2.75) is 33.2 Å². The third-order valence-corrected chi connectivity index (χ3v) is 3.99. The van der Waals surface area contributed by atoms with Gasteiger partial charge in [0.1, 0.15) is 13.2 Å². The Bertz CT molecular complexity index is 499. The van der Waals surface area contributed by atoms with Gasteiger partial charge in [0, 0.05) is 6.04 Å². The Morgan fingerprint density at radius 1 is 1.40 bits per heavy atom. The van der Waals surface area contributed by atoms with Crippen molar-refractivity contribution in [3.63, 3.8) is 0 Å². The maximum absolute atomic E-state index is 5.65. The first-order chi connectivity index (χ1) is 9.61. The van der Waals surface area contributed by atoms with Gasteiger partial charge in [-0.25, -0.2) is 0 Å². The zero-order valence-corrected chi connectivity index (χ0v) is 13.9. The molecule has 3 nitrogen and oxygen atoms in total. The molecule has 4 heteroatoms. The van der Waals surface area contributed by atoms with Gasteiger partial charge in [0.2, 0.25) is 0 Å². The lowest BCUT2D eigenvalue weighted by atomic mass is 10.1. The molecule has 1 aliphatic rings. The summed E-state index contributed by atoms with van der Waals surface area (Å²) in [5.74, 6) is 1.63. The van der Waals surface area contributed by atoms with Gasteiger partial charge in [-0.1, -0.05) is 18.6 Å². The molecule has 0 amide bonds. The average molecular weight is 340 g/mol. The van der Waals surface area contributed by atoms with E-state index < -0.39 is 0 Å². The minimum absolute atomic E-state index is 0.377. The SMILES string of the molecule is CCCNC(C)/C(C)=C/c1cc(Br)c2c(c1)OCCO2. The fourth-order valence-corrected chi connectivity index (χ4v) is 2.70. The number of benzene rings is 1. The molecule has 0 spiro atoms. The third-order valence-electron chi connectivity index (χ3n) is 3.40. The molecule has 1 aromatic rings. The summed E-state index contributed by atoms with van der Waals surface area (Å²) in [5, 5.41) is 3.49. The second-order valence-electron chi connectivity index (χ2n) is 5.09. The Morgan fingerprint density at radius 3 is 2.90 bits per heavy atom. The summed E-state index contributed by atoms with van der Waals surface area (Å²) in [6, 6.07) is 4.49. The highest BCUT2D eigenvalue weighted by atomic mass is 79.9. The highest BCUT2D eigenvalue weighted by molar-refractivity contribution is 9.10. The van der Waals surface area contributed by atoms with Gasteiger partial charge in [-0.3, -0.25) is 0 Å². The zero-order chi connectivity index (χ0) is 14.5. The van der Waals surface area contributed by atoms with E-state index in [0.29, 0.717) is 19.3 Å². The first kappa shape index (κ1) is 15.4. The van der Waals surface area contributed by atoms with Gasteiger partial charge < -0.3 is 14.8 Å². The summed E-state index contributed by atoms with van der Waals surface area (Å²) >= 11 is 3.55. The van der Waals surface area contributed by atoms with Crippen LogP contribution in [0.25, 0.3) is 6.08 Å². The molecule has 0 saturated carbocycles. The molecule has 20 heavy (non-hydrogen) atoms. The summed E-state index contributed by atoms with van der Waals surface area (Å²) in [5.41, 5.74) is 2.44. The number of ether oxygens (including phenoxy) is 2. The van der Waals surface area contributed by atoms with Gasteiger partial charge in [-0.05, 0) is 60.4 Å². The fourth-order valence-electron chi connectivity index (χ4n) is 2.12. The molecule has 1 unspecified atom stereocenters. The summed E-state index contributed by atoms with van der Waals surface area (Å²) in [7, 11) is 0. The first-order valence-corrected chi connectivity index (χ1v) is 7.91. The molecule has 1 N–H and O–H groups in total. The molecule has 2 rings (SSSR count). The van der Waals surface area contributed by atoms with E-state index in [4.69, 9.17) is 9.47 Å². The van der Waals surface area contributed by atoms with E-state index in [1.807, 2.05) is 6.07 Å². The van der Waals surface area contributed by atoms with Crippen molar-refractivity contribution in [2.24, 2.45) is 0 Å². The van der Waals surface area contributed by atoms with Crippen LogP contribution in [0.15, 0.2) is 22.2 Å². The number of hydrogen-bond donors (Lipinski definition) is 1. The lowest BCUT2D eigenvalue weighted by Crippen LogP contribution is -2.27. The average Bonchev–Trinajstić information content (AvgIpc) is 2.44. The number of nitrogens with one attached hydrogen (secondary N) is 1. The Hall–Kier alpha value is -1.00. The van der Waals surface area contributed by atoms with Crippen LogP contribution in [-0.4, -0.2) is 25.8 Å². The molecule has 0 aromatic heterocycles. The van der Waals surface area contributed by atoms with Crippen LogP contribution < -0.4 is 14.8 Å². The van der Waals surface area contributed by atoms with E-state index in [2.05, 4.69) is 54.2 Å². The lowest BCUT2D eigenvalue weighted by Gasteiger charge is -2.20. The Kier molecular flexibility index (Phi) is 5.49. The Balaban J connectivity index is 2.18. The van der Waals surface area contributed by atoms with Crippen LogP contribution in [0.5, 0.6) is 11.5 Å². The maximum Gasteiger partial charge on any atom is 0.175 e. The number of halogens is 1.